The lowest BCUT2D eigenvalue weighted by Crippen LogP contribution is -2.51. The average molecular weight is 316 g/mol. The maximum atomic E-state index is 12.6. The molecule has 2 atom stereocenters. The molecule has 1 N–H and O–H groups in total. The maximum absolute atomic E-state index is 12.6. The van der Waals surface area contributed by atoms with Gasteiger partial charge in [-0.25, -0.2) is 14.5 Å². The van der Waals surface area contributed by atoms with Crippen molar-refractivity contribution in [2.75, 3.05) is 13.1 Å². The molecule has 120 valence electrons. The number of ether oxygens (including phenoxy) is 1. The number of hydrogen-bond donors (Lipinski definition) is 1. The van der Waals surface area contributed by atoms with E-state index in [2.05, 4.69) is 10.1 Å². The van der Waals surface area contributed by atoms with Crippen molar-refractivity contribution in [3.63, 3.8) is 0 Å². The van der Waals surface area contributed by atoms with Crippen molar-refractivity contribution in [2.45, 2.75) is 19.1 Å². The van der Waals surface area contributed by atoms with E-state index < -0.39 is 12.1 Å². The number of carbonyl (C=O) groups is 2. The van der Waals surface area contributed by atoms with Gasteiger partial charge in [-0.2, -0.15) is 5.10 Å². The van der Waals surface area contributed by atoms with E-state index in [9.17, 15) is 9.59 Å². The highest BCUT2D eigenvalue weighted by Crippen LogP contribution is 2.15. The lowest BCUT2D eigenvalue weighted by molar-refractivity contribution is -0.160. The molecule has 2 aromatic rings. The summed E-state index contributed by atoms with van der Waals surface area (Å²) in [7, 11) is 0. The molecule has 23 heavy (non-hydrogen) atoms. The minimum Gasteiger partial charge on any atom is -0.479 e. The quantitative estimate of drug-likeness (QED) is 0.889. The number of rotatable bonds is 3. The van der Waals surface area contributed by atoms with Crippen molar-refractivity contribution < 1.29 is 19.4 Å². The number of nitrogens with zero attached hydrogens (tertiary/aromatic N) is 4. The molecule has 0 bridgehead atoms. The van der Waals surface area contributed by atoms with Crippen LogP contribution in [0.5, 0.6) is 0 Å². The second kappa shape index (κ2) is 6.17. The summed E-state index contributed by atoms with van der Waals surface area (Å²) in [6, 6.07) is 6.82. The van der Waals surface area contributed by atoms with Crippen LogP contribution >= 0.6 is 0 Å². The van der Waals surface area contributed by atoms with Gasteiger partial charge >= 0.3 is 5.97 Å². The van der Waals surface area contributed by atoms with Gasteiger partial charge in [0, 0.05) is 18.9 Å². The molecule has 0 aromatic carbocycles. The second-order valence-corrected chi connectivity index (χ2v) is 5.32. The molecule has 1 unspecified atom stereocenters. The van der Waals surface area contributed by atoms with Crippen molar-refractivity contribution >= 4 is 11.9 Å². The summed E-state index contributed by atoms with van der Waals surface area (Å²) in [6.07, 6.45) is 1.99. The number of morpholine rings is 1. The summed E-state index contributed by atoms with van der Waals surface area (Å²) in [5.41, 5.74) is 0.247. The number of aliphatic carboxylic acids is 1. The Bertz CT molecular complexity index is 716. The molecule has 1 amide bonds. The van der Waals surface area contributed by atoms with E-state index in [0.717, 1.165) is 0 Å². The van der Waals surface area contributed by atoms with Crippen LogP contribution in [0.2, 0.25) is 0 Å². The minimum atomic E-state index is -1.08. The summed E-state index contributed by atoms with van der Waals surface area (Å²) in [4.78, 5) is 29.5. The number of carboxylic acid groups (broad SMARTS) is 1. The van der Waals surface area contributed by atoms with Crippen LogP contribution in [0.25, 0.3) is 5.82 Å². The number of carboxylic acids is 1. The van der Waals surface area contributed by atoms with Crippen molar-refractivity contribution in [1.29, 1.82) is 0 Å². The summed E-state index contributed by atoms with van der Waals surface area (Å²) >= 11 is 0. The third-order valence-corrected chi connectivity index (χ3v) is 3.52. The molecule has 3 heterocycles. The highest BCUT2D eigenvalue weighted by atomic mass is 16.5. The van der Waals surface area contributed by atoms with Crippen LogP contribution in [0.3, 0.4) is 0 Å². The molecule has 0 spiro atoms. The Morgan fingerprint density at radius 1 is 1.30 bits per heavy atom. The van der Waals surface area contributed by atoms with Gasteiger partial charge in [0.05, 0.1) is 12.6 Å². The predicted octanol–water partition coefficient (Wildman–Crippen LogP) is 0.581. The van der Waals surface area contributed by atoms with Gasteiger partial charge in [0.2, 0.25) is 0 Å². The molecule has 1 fully saturated rings. The van der Waals surface area contributed by atoms with Crippen LogP contribution in [0.1, 0.15) is 17.4 Å². The molecule has 2 aromatic heterocycles. The third-order valence-electron chi connectivity index (χ3n) is 3.52. The SMILES string of the molecule is C[C@@H]1CN(C(=O)c2cccc(-n3cccn3)n2)CC(C(=O)O)O1. The van der Waals surface area contributed by atoms with Gasteiger partial charge in [-0.1, -0.05) is 6.07 Å². The number of pyridine rings is 1. The Hall–Kier alpha value is -2.74. The molecule has 8 heteroatoms. The fourth-order valence-electron chi connectivity index (χ4n) is 2.49. The highest BCUT2D eigenvalue weighted by Gasteiger charge is 2.33. The number of carbonyl (C=O) groups excluding carboxylic acids is 1. The largest absolute Gasteiger partial charge is 0.479 e. The van der Waals surface area contributed by atoms with Crippen molar-refractivity contribution in [3.8, 4) is 5.82 Å². The zero-order valence-corrected chi connectivity index (χ0v) is 12.5. The van der Waals surface area contributed by atoms with Crippen LogP contribution < -0.4 is 0 Å². The average Bonchev–Trinajstić information content (AvgIpc) is 3.08. The van der Waals surface area contributed by atoms with E-state index in [1.54, 1.807) is 48.3 Å². The van der Waals surface area contributed by atoms with Gasteiger partial charge in [0.15, 0.2) is 11.9 Å². The monoisotopic (exact) mass is 316 g/mol. The van der Waals surface area contributed by atoms with E-state index in [1.807, 2.05) is 0 Å². The first-order valence-electron chi connectivity index (χ1n) is 7.19. The zero-order chi connectivity index (χ0) is 16.4. The molecule has 0 saturated carbocycles. The van der Waals surface area contributed by atoms with E-state index in [4.69, 9.17) is 9.84 Å². The van der Waals surface area contributed by atoms with Crippen molar-refractivity contribution in [1.82, 2.24) is 19.7 Å². The third kappa shape index (κ3) is 3.21. The van der Waals surface area contributed by atoms with Crippen LogP contribution in [-0.2, 0) is 9.53 Å². The van der Waals surface area contributed by atoms with E-state index in [0.29, 0.717) is 12.4 Å². The molecule has 8 nitrogen and oxygen atoms in total. The smallest absolute Gasteiger partial charge is 0.334 e. The van der Waals surface area contributed by atoms with E-state index >= 15 is 0 Å². The van der Waals surface area contributed by atoms with Gasteiger partial charge in [-0.3, -0.25) is 4.79 Å². The molecular formula is C15H16N4O4. The summed E-state index contributed by atoms with van der Waals surface area (Å²) < 4.78 is 6.87. The number of hydrogen-bond acceptors (Lipinski definition) is 5. The summed E-state index contributed by atoms with van der Waals surface area (Å²) in [5, 5.41) is 13.2. The molecule has 3 rings (SSSR count). The lowest BCUT2D eigenvalue weighted by atomic mass is 10.2. The topological polar surface area (TPSA) is 97.6 Å². The van der Waals surface area contributed by atoms with Gasteiger partial charge in [0.1, 0.15) is 5.69 Å². The van der Waals surface area contributed by atoms with Crippen LogP contribution in [0.15, 0.2) is 36.7 Å². The Balaban J connectivity index is 1.82. The summed E-state index contributed by atoms with van der Waals surface area (Å²) in [6.45, 7) is 2.07. The van der Waals surface area contributed by atoms with Crippen LogP contribution in [0.4, 0.5) is 0 Å². The van der Waals surface area contributed by atoms with Gasteiger partial charge < -0.3 is 14.7 Å². The first-order valence-corrected chi connectivity index (χ1v) is 7.19. The van der Waals surface area contributed by atoms with Crippen LogP contribution in [-0.4, -0.2) is 61.9 Å². The minimum absolute atomic E-state index is 0.00614. The van der Waals surface area contributed by atoms with E-state index in [-0.39, 0.29) is 24.2 Å². The predicted molar refractivity (Wildman–Crippen MR) is 79.2 cm³/mol. The van der Waals surface area contributed by atoms with Gasteiger partial charge in [0.25, 0.3) is 5.91 Å². The second-order valence-electron chi connectivity index (χ2n) is 5.32. The van der Waals surface area contributed by atoms with Crippen molar-refractivity contribution in [2.24, 2.45) is 0 Å². The van der Waals surface area contributed by atoms with E-state index in [1.165, 1.54) is 4.90 Å². The highest BCUT2D eigenvalue weighted by molar-refractivity contribution is 5.93. The van der Waals surface area contributed by atoms with Gasteiger partial charge in [-0.05, 0) is 25.1 Å². The number of aromatic nitrogens is 3. The molecule has 0 radical (unpaired) electrons. The standard InChI is InChI=1S/C15H16N4O4/c1-10-8-18(9-12(23-10)15(21)22)14(20)11-4-2-5-13(17-11)19-7-3-6-16-19/h2-7,10,12H,8-9H2,1H3,(H,21,22)/t10-,12?/m1/s1. The Morgan fingerprint density at radius 2 is 2.13 bits per heavy atom. The van der Waals surface area contributed by atoms with Gasteiger partial charge in [-0.15, -0.1) is 0 Å². The molecule has 1 saturated heterocycles. The van der Waals surface area contributed by atoms with Crippen molar-refractivity contribution in [3.05, 3.63) is 42.4 Å². The Labute approximate surface area is 132 Å². The zero-order valence-electron chi connectivity index (χ0n) is 12.5. The fourth-order valence-corrected chi connectivity index (χ4v) is 2.49. The molecule has 1 aliphatic heterocycles. The first kappa shape index (κ1) is 15.2. The Kier molecular flexibility index (Phi) is 4.07. The normalized spacial score (nSPS) is 21.2. The molecule has 1 aliphatic rings. The molecule has 0 aliphatic carbocycles. The Morgan fingerprint density at radius 3 is 2.83 bits per heavy atom. The summed E-state index contributed by atoms with van der Waals surface area (Å²) in [5.74, 6) is -0.870. The first-order chi connectivity index (χ1) is 11.0. The molecular weight excluding hydrogens is 300 g/mol. The lowest BCUT2D eigenvalue weighted by Gasteiger charge is -2.34. The fraction of sp³-hybridized carbons (Fsp3) is 0.333. The number of amides is 1. The maximum Gasteiger partial charge on any atom is 0.334 e. The van der Waals surface area contributed by atoms with Crippen LogP contribution in [0, 0.1) is 0 Å².